The van der Waals surface area contributed by atoms with Crippen molar-refractivity contribution in [3.8, 4) is 0 Å². The van der Waals surface area contributed by atoms with E-state index in [9.17, 15) is 0 Å². The summed E-state index contributed by atoms with van der Waals surface area (Å²) in [4.78, 5) is 0. The summed E-state index contributed by atoms with van der Waals surface area (Å²) in [5, 5.41) is 0. The molecule has 0 aromatic rings. The van der Waals surface area contributed by atoms with Crippen LogP contribution in [-0.2, 0) is 0 Å². The number of rotatable bonds is 0. The van der Waals surface area contributed by atoms with Crippen molar-refractivity contribution in [1.82, 2.24) is 0 Å². The van der Waals surface area contributed by atoms with Crippen LogP contribution in [0.1, 0.15) is 0 Å². The first kappa shape index (κ1) is 0. The fourth-order valence-corrected chi connectivity index (χ4v) is 0. The first-order chi connectivity index (χ1) is 0. The molecule has 0 saturated carbocycles. The molecule has 0 saturated heterocycles. The third-order valence-electron chi connectivity index (χ3n) is 0. The quantitative estimate of drug-likeness (QED) is 0.321. The van der Waals surface area contributed by atoms with Gasteiger partial charge in [0.1, 0.15) is 0 Å². The Morgan fingerprint density at radius 2 is 0.0833 bits per heavy atom. The first-order valence-corrected chi connectivity index (χ1v) is 0. The molecule has 0 heterocycles. The van der Waals surface area contributed by atoms with Crippen molar-refractivity contribution in [2.24, 2.45) is 0 Å². The maximum absolute atomic E-state index is 0. The molecule has 12 heteroatoms. The molecule has 0 aromatic carbocycles. The van der Waals surface area contributed by atoms with Crippen molar-refractivity contribution < 1.29 is 0 Å². The molecular weight excluding hydrogens is 3200 g/mol. The SMILES string of the molecule is [Rf].[Rf].[Rf].[Rf].[Rf].[Rf].[Rf].[Rf].[Rf].[Rf].[Rf].[Rf]. The van der Waals surface area contributed by atoms with E-state index in [1.165, 1.54) is 0 Å². The van der Waals surface area contributed by atoms with Gasteiger partial charge in [0.05, 0.1) is 0 Å². The van der Waals surface area contributed by atoms with E-state index in [2.05, 4.69) is 0 Å². The van der Waals surface area contributed by atoms with Gasteiger partial charge in [0.15, 0.2) is 0 Å². The van der Waals surface area contributed by atoms with Crippen molar-refractivity contribution in [3.05, 3.63) is 0 Å². The summed E-state index contributed by atoms with van der Waals surface area (Å²) in [5.41, 5.74) is 0. The van der Waals surface area contributed by atoms with E-state index in [1.807, 2.05) is 0 Å². The molecule has 0 radical (unpaired) electrons. The minimum atomic E-state index is 0. The van der Waals surface area contributed by atoms with Crippen LogP contribution in [0, 0.1) is 0 Å². The molecule has 0 aromatic heterocycles. The topological polar surface area (TPSA) is 0 Å². The zero-order chi connectivity index (χ0) is 0. The second kappa shape index (κ2) is -0.0278. The van der Waals surface area contributed by atoms with Crippen molar-refractivity contribution >= 4 is 0 Å². The Balaban J connectivity index is 0. The fraction of sp³-hybridized carbons (Fsp3) is 0. The van der Waals surface area contributed by atoms with Crippen LogP contribution < -0.4 is 0 Å². The first-order valence-electron chi connectivity index (χ1n) is 0. The average molecular weight is 3200 g/mol. The molecule has 0 unspecified atom stereocenters. The summed E-state index contributed by atoms with van der Waals surface area (Å²) >= 11 is 0. The van der Waals surface area contributed by atoms with E-state index in [1.54, 1.807) is 0 Å². The van der Waals surface area contributed by atoms with E-state index < -0.39 is 0 Å². The van der Waals surface area contributed by atoms with Crippen LogP contribution in [0.3, 0.4) is 0 Å². The molecule has 0 aliphatic carbocycles. The molecule has 0 spiro atoms. The largest absolute Gasteiger partial charge is 0 e. The van der Waals surface area contributed by atoms with Gasteiger partial charge < -0.3 is 0 Å². The monoisotopic (exact) mass is 3210 g/mol. The van der Waals surface area contributed by atoms with Crippen LogP contribution in [0.15, 0.2) is 0 Å². The predicted molar refractivity (Wildman–Crippen MR) is 0 cm³/mol. The van der Waals surface area contributed by atoms with Gasteiger partial charge in [-0.2, -0.15) is 0 Å². The van der Waals surface area contributed by atoms with Gasteiger partial charge >= 0.3 is 0 Å². The van der Waals surface area contributed by atoms with Crippen LogP contribution in [0.25, 0.3) is 0 Å². The third kappa shape index (κ3) is -0.125. The standard InChI is InChI=1S/12Rf. The molecule has 0 aliphatic heterocycles. The van der Waals surface area contributed by atoms with Gasteiger partial charge in [-0.3, -0.25) is 0 Å². The summed E-state index contributed by atoms with van der Waals surface area (Å²) in [6, 6.07) is 0. The van der Waals surface area contributed by atoms with Gasteiger partial charge in [0, 0.05) is 0 Å². The summed E-state index contributed by atoms with van der Waals surface area (Å²) in [5.74, 6) is 0. The van der Waals surface area contributed by atoms with Crippen LogP contribution in [0.5, 0.6) is 0 Å². The van der Waals surface area contributed by atoms with Crippen LogP contribution in [-0.4, -0.2) is 0 Å². The minimum absolute atomic E-state index is 0. The number of hydrogen-bond acceptors (Lipinski definition) is 0. The minimum Gasteiger partial charge on any atom is 0 e. The third-order valence-corrected chi connectivity index (χ3v) is 0. The molecule has 0 amide bonds. The van der Waals surface area contributed by atoms with E-state index in [0.29, 0.717) is 0 Å². The molecule has 0 rings (SSSR count). The van der Waals surface area contributed by atoms with Crippen molar-refractivity contribution in [1.29, 1.82) is 0 Å². The Kier molecular flexibility index (Phi) is 0. The zero-order valence-corrected chi connectivity index (χ0v) is 85.3. The summed E-state index contributed by atoms with van der Waals surface area (Å²) in [6.45, 7) is 0. The van der Waals surface area contributed by atoms with E-state index in [-0.39, 0.29) is 0 Å². The van der Waals surface area contributed by atoms with Gasteiger partial charge in [0.2, 0.25) is 0 Å². The van der Waals surface area contributed by atoms with Gasteiger partial charge in [-0.25, -0.2) is 0 Å². The normalized spacial score (nSPS) is 0. The molecule has 0 fully saturated rings. The molecule has 0 nitrogen and oxygen atoms in total. The van der Waals surface area contributed by atoms with Crippen molar-refractivity contribution in [2.75, 3.05) is 0 Å². The maximum atomic E-state index is 0. The molecular formula is Rf12. The van der Waals surface area contributed by atoms with Crippen molar-refractivity contribution in [2.45, 2.75) is 0 Å². The summed E-state index contributed by atoms with van der Waals surface area (Å²) in [7, 11) is 0. The second-order valence-corrected chi connectivity index (χ2v) is 0. The molecule has 0 atom stereocenters. The second-order valence-electron chi connectivity index (χ2n) is 0. The predicted octanol–water partition coefficient (Wildman–Crippen LogP) is 0. The van der Waals surface area contributed by atoms with E-state index in [0.717, 1.165) is 0 Å². The van der Waals surface area contributed by atoms with Crippen molar-refractivity contribution in [3.63, 3.8) is 0 Å². The Labute approximate surface area is 0 Å². The maximum Gasteiger partial charge on any atom is 0 e. The van der Waals surface area contributed by atoms with E-state index in [4.69, 9.17) is 0 Å². The smallest absolute Gasteiger partial charge is 0 e. The average Bonchev–Trinajstić information content (AvgIpc) is 0. The Morgan fingerprint density at radius 1 is 0.0833 bits per heavy atom. The van der Waals surface area contributed by atoms with Crippen LogP contribution in [0.2, 0.25) is 0 Å². The molecule has 0 N–H and O–H groups in total. The Bertz CT molecular complexity index is 0. The Hall–Kier alpha value is -12.0. The molecule has 12 heavy (non-hydrogen) atoms. The fourth-order valence-electron chi connectivity index (χ4n) is 0. The summed E-state index contributed by atoms with van der Waals surface area (Å²) < 4.78 is 0. The molecule has 0 bridgehead atoms. The molecule has 0 aliphatic rings. The van der Waals surface area contributed by atoms with Crippen LogP contribution >= 0.6 is 0 Å². The number of hydrogen-bond donors (Lipinski definition) is 0. The zero-order valence-electron chi connectivity index (χ0n) is 8.49. The van der Waals surface area contributed by atoms with Gasteiger partial charge in [-0.1, -0.05) is 0 Å². The van der Waals surface area contributed by atoms with E-state index >= 15 is 0 Å². The summed E-state index contributed by atoms with van der Waals surface area (Å²) in [6.07, 6.45) is 0. The molecule has 24 valence electrons. The van der Waals surface area contributed by atoms with Crippen LogP contribution in [0.4, 0.5) is 0 Å². The van der Waals surface area contributed by atoms with Gasteiger partial charge in [-0.05, 0) is 0 Å². The van der Waals surface area contributed by atoms with Gasteiger partial charge in [-0.15, -0.1) is 0 Å². The Morgan fingerprint density at radius 3 is 0.0833 bits per heavy atom. The van der Waals surface area contributed by atoms with Gasteiger partial charge in [0.25, 0.3) is 0 Å².